The highest BCUT2D eigenvalue weighted by Gasteiger charge is 2.39. The van der Waals surface area contributed by atoms with Crippen molar-refractivity contribution in [2.75, 3.05) is 12.3 Å². The molecule has 15 heavy (non-hydrogen) atoms. The molecule has 1 aliphatic carbocycles. The van der Waals surface area contributed by atoms with E-state index in [4.69, 9.17) is 4.42 Å². The molecular formula is C11H13NO2S. The van der Waals surface area contributed by atoms with Crippen LogP contribution in [0.1, 0.15) is 24.0 Å². The predicted molar refractivity (Wildman–Crippen MR) is 58.3 cm³/mol. The van der Waals surface area contributed by atoms with Crippen molar-refractivity contribution < 1.29 is 9.21 Å². The molecule has 80 valence electrons. The van der Waals surface area contributed by atoms with Gasteiger partial charge in [-0.2, -0.15) is 0 Å². The summed E-state index contributed by atoms with van der Waals surface area (Å²) >= 11 is 1.79. The van der Waals surface area contributed by atoms with Crippen molar-refractivity contribution >= 4 is 17.7 Å². The molecule has 3 rings (SSSR count). The number of carbonyl (C=O) groups is 1. The highest BCUT2D eigenvalue weighted by Crippen LogP contribution is 2.42. The third-order valence-corrected chi connectivity index (χ3v) is 4.11. The summed E-state index contributed by atoms with van der Waals surface area (Å²) in [6.07, 6.45) is 3.82. The minimum Gasteiger partial charge on any atom is -0.466 e. The van der Waals surface area contributed by atoms with Crippen molar-refractivity contribution in [3.05, 3.63) is 24.2 Å². The summed E-state index contributed by atoms with van der Waals surface area (Å²) in [7, 11) is 0. The van der Waals surface area contributed by atoms with Gasteiger partial charge in [-0.1, -0.05) is 0 Å². The van der Waals surface area contributed by atoms with Crippen molar-refractivity contribution in [3.63, 3.8) is 0 Å². The van der Waals surface area contributed by atoms with Crippen LogP contribution in [0.3, 0.4) is 0 Å². The van der Waals surface area contributed by atoms with E-state index in [1.54, 1.807) is 18.0 Å². The molecule has 1 aliphatic heterocycles. The Hall–Kier alpha value is -0.900. The lowest BCUT2D eigenvalue weighted by Gasteiger charge is -2.21. The maximum Gasteiger partial charge on any atom is 0.226 e. The van der Waals surface area contributed by atoms with Crippen LogP contribution in [0.25, 0.3) is 0 Å². The number of carbonyl (C=O) groups excluding carboxylic acids is 1. The van der Waals surface area contributed by atoms with Crippen LogP contribution in [0.15, 0.2) is 22.8 Å². The Bertz CT molecular complexity index is 359. The first-order valence-electron chi connectivity index (χ1n) is 5.32. The second kappa shape index (κ2) is 3.59. The lowest BCUT2D eigenvalue weighted by Crippen LogP contribution is -2.31. The van der Waals surface area contributed by atoms with Crippen molar-refractivity contribution in [3.8, 4) is 0 Å². The Balaban J connectivity index is 1.79. The Morgan fingerprint density at radius 3 is 3.07 bits per heavy atom. The first-order valence-corrected chi connectivity index (χ1v) is 6.36. The maximum atomic E-state index is 12.0. The Labute approximate surface area is 92.8 Å². The highest BCUT2D eigenvalue weighted by molar-refractivity contribution is 7.99. The molecule has 2 fully saturated rings. The molecule has 1 atom stereocenters. The molecule has 0 spiro atoms. The minimum absolute atomic E-state index is 0.119. The smallest absolute Gasteiger partial charge is 0.226 e. The van der Waals surface area contributed by atoms with Crippen LogP contribution in [0.4, 0.5) is 0 Å². The summed E-state index contributed by atoms with van der Waals surface area (Å²) in [5.74, 6) is 2.55. The number of furan rings is 1. The van der Waals surface area contributed by atoms with E-state index < -0.39 is 0 Å². The molecule has 1 aromatic rings. The molecule has 1 aromatic heterocycles. The number of thioether (sulfide) groups is 1. The highest BCUT2D eigenvalue weighted by atomic mass is 32.2. The van der Waals surface area contributed by atoms with Crippen LogP contribution in [0.5, 0.6) is 0 Å². The van der Waals surface area contributed by atoms with Crippen LogP contribution >= 0.6 is 11.8 Å². The third-order valence-electron chi connectivity index (χ3n) is 2.89. The molecule has 3 nitrogen and oxygen atoms in total. The quantitative estimate of drug-likeness (QED) is 0.771. The molecule has 2 aliphatic rings. The van der Waals surface area contributed by atoms with Crippen LogP contribution in [-0.4, -0.2) is 23.1 Å². The van der Waals surface area contributed by atoms with Crippen LogP contribution in [0.2, 0.25) is 0 Å². The van der Waals surface area contributed by atoms with E-state index in [0.717, 1.165) is 30.9 Å². The van der Waals surface area contributed by atoms with Gasteiger partial charge >= 0.3 is 0 Å². The molecule has 0 radical (unpaired) electrons. The fraction of sp³-hybridized carbons (Fsp3) is 0.545. The summed E-state index contributed by atoms with van der Waals surface area (Å²) in [5.41, 5.74) is 0. The average molecular weight is 223 g/mol. The van der Waals surface area contributed by atoms with Gasteiger partial charge in [0.25, 0.3) is 0 Å². The fourth-order valence-corrected chi connectivity index (χ4v) is 3.14. The van der Waals surface area contributed by atoms with Crippen LogP contribution in [-0.2, 0) is 4.79 Å². The average Bonchev–Trinajstić information content (AvgIpc) is 2.80. The summed E-state index contributed by atoms with van der Waals surface area (Å²) in [6, 6.07) is 3.84. The number of nitrogens with zero attached hydrogens (tertiary/aromatic N) is 1. The van der Waals surface area contributed by atoms with E-state index in [2.05, 4.69) is 0 Å². The lowest BCUT2D eigenvalue weighted by atomic mass is 10.3. The standard InChI is InChI=1S/C11H13NO2S/c13-10(8-3-4-8)12-5-7-15-11(12)9-2-1-6-14-9/h1-2,6,8,11H,3-5,7H2/t11-/m0/s1. The minimum atomic E-state index is 0.119. The fourth-order valence-electron chi connectivity index (χ4n) is 1.93. The number of amides is 1. The SMILES string of the molecule is O=C(C1CC1)N1CCS[C@H]1c1ccco1. The zero-order valence-electron chi connectivity index (χ0n) is 8.39. The Kier molecular flexibility index (Phi) is 2.24. The van der Waals surface area contributed by atoms with Crippen LogP contribution < -0.4 is 0 Å². The molecule has 1 amide bonds. The van der Waals surface area contributed by atoms with Gasteiger partial charge in [-0.25, -0.2) is 0 Å². The number of hydrogen-bond acceptors (Lipinski definition) is 3. The summed E-state index contributed by atoms with van der Waals surface area (Å²) in [4.78, 5) is 14.0. The van der Waals surface area contributed by atoms with Gasteiger partial charge in [0.1, 0.15) is 11.1 Å². The van der Waals surface area contributed by atoms with Gasteiger partial charge < -0.3 is 9.32 Å². The second-order valence-corrected chi connectivity index (χ2v) is 5.23. The van der Waals surface area contributed by atoms with Crippen molar-refractivity contribution in [1.29, 1.82) is 0 Å². The first-order chi connectivity index (χ1) is 7.36. The van der Waals surface area contributed by atoms with E-state index in [0.29, 0.717) is 11.8 Å². The Morgan fingerprint density at radius 1 is 1.53 bits per heavy atom. The van der Waals surface area contributed by atoms with E-state index in [9.17, 15) is 4.79 Å². The molecule has 1 saturated heterocycles. The van der Waals surface area contributed by atoms with Gasteiger partial charge in [0, 0.05) is 18.2 Å². The molecule has 1 saturated carbocycles. The second-order valence-electron chi connectivity index (χ2n) is 4.04. The topological polar surface area (TPSA) is 33.5 Å². The zero-order chi connectivity index (χ0) is 10.3. The van der Waals surface area contributed by atoms with Gasteiger partial charge in [-0.15, -0.1) is 11.8 Å². The molecule has 0 bridgehead atoms. The summed E-state index contributed by atoms with van der Waals surface area (Å²) in [5, 5.41) is 0.119. The maximum absolute atomic E-state index is 12.0. The van der Waals surface area contributed by atoms with E-state index in [1.165, 1.54) is 0 Å². The van der Waals surface area contributed by atoms with Gasteiger partial charge in [-0.3, -0.25) is 4.79 Å². The van der Waals surface area contributed by atoms with Crippen molar-refractivity contribution in [2.45, 2.75) is 18.2 Å². The van der Waals surface area contributed by atoms with Gasteiger partial charge in [-0.05, 0) is 25.0 Å². The predicted octanol–water partition coefficient (Wildman–Crippen LogP) is 2.26. The van der Waals surface area contributed by atoms with E-state index >= 15 is 0 Å². The number of hydrogen-bond donors (Lipinski definition) is 0. The van der Waals surface area contributed by atoms with Gasteiger partial charge in [0.05, 0.1) is 6.26 Å². The molecule has 2 heterocycles. The molecule has 0 unspecified atom stereocenters. The third kappa shape index (κ3) is 1.67. The van der Waals surface area contributed by atoms with Crippen molar-refractivity contribution in [1.82, 2.24) is 4.90 Å². The lowest BCUT2D eigenvalue weighted by molar-refractivity contribution is -0.132. The summed E-state index contributed by atoms with van der Waals surface area (Å²) in [6.45, 7) is 0.866. The van der Waals surface area contributed by atoms with Crippen molar-refractivity contribution in [2.24, 2.45) is 5.92 Å². The molecular weight excluding hydrogens is 210 g/mol. The molecule has 0 N–H and O–H groups in total. The largest absolute Gasteiger partial charge is 0.466 e. The monoisotopic (exact) mass is 223 g/mol. The van der Waals surface area contributed by atoms with Crippen LogP contribution in [0, 0.1) is 5.92 Å². The summed E-state index contributed by atoms with van der Waals surface area (Å²) < 4.78 is 5.38. The normalized spacial score (nSPS) is 25.9. The first kappa shape index (κ1) is 9.33. The molecule has 4 heteroatoms. The number of rotatable bonds is 2. The Morgan fingerprint density at radius 2 is 2.40 bits per heavy atom. The van der Waals surface area contributed by atoms with Gasteiger partial charge in [0.2, 0.25) is 5.91 Å². The van der Waals surface area contributed by atoms with Gasteiger partial charge in [0.15, 0.2) is 0 Å². The van der Waals surface area contributed by atoms with E-state index in [-0.39, 0.29) is 5.37 Å². The van der Waals surface area contributed by atoms with E-state index in [1.807, 2.05) is 17.0 Å². The molecule has 0 aromatic carbocycles. The zero-order valence-corrected chi connectivity index (χ0v) is 9.20.